The maximum absolute atomic E-state index is 13.0. The number of nitrogens with one attached hydrogen (secondary N) is 6. The summed E-state index contributed by atoms with van der Waals surface area (Å²) in [5.41, 5.74) is 0. The average Bonchev–Trinajstić information content (AvgIpc) is 0.769. The predicted molar refractivity (Wildman–Crippen MR) is 358 cm³/mol. The average molecular weight is 1630 g/mol. The minimum absolute atomic E-state index is 0.562. The van der Waals surface area contributed by atoms with Crippen molar-refractivity contribution in [2.75, 3.05) is 19.8 Å². The quantitative estimate of drug-likeness (QED) is 0.0404. The molecule has 46 heteroatoms. The van der Waals surface area contributed by atoms with Gasteiger partial charge in [-0.25, -0.2) is 0 Å². The van der Waals surface area contributed by atoms with Crippen LogP contribution >= 0.6 is 0 Å². The molecule has 45 atom stereocenters. The molecular weight excluding hydrogens is 1520 g/mol. The molecule has 9 fully saturated rings. The van der Waals surface area contributed by atoms with Gasteiger partial charge in [0.2, 0.25) is 35.4 Å². The molecule has 23 N–H and O–H groups in total. The van der Waals surface area contributed by atoms with Gasteiger partial charge in [-0.1, -0.05) is 0 Å². The van der Waals surface area contributed by atoms with E-state index in [-0.39, 0.29) is 0 Å². The van der Waals surface area contributed by atoms with E-state index in [1.165, 1.54) is 48.5 Å². The highest BCUT2D eigenvalue weighted by Crippen LogP contribution is 2.40. The summed E-state index contributed by atoms with van der Waals surface area (Å²) in [7, 11) is 0. The van der Waals surface area contributed by atoms with Gasteiger partial charge >= 0.3 is 0 Å². The normalized spacial score (nSPS) is 48.8. The Hall–Kier alpha value is -4.54. The third kappa shape index (κ3) is 20.4. The molecule has 0 aromatic rings. The first-order valence-electron chi connectivity index (χ1n) is 36.7. The number of ether oxygens (including phenoxy) is 17. The minimum Gasteiger partial charge on any atom is -0.394 e. The van der Waals surface area contributed by atoms with E-state index in [4.69, 9.17) is 80.5 Å². The van der Waals surface area contributed by atoms with Crippen LogP contribution in [0.4, 0.5) is 0 Å². The molecule has 0 aliphatic carbocycles. The lowest BCUT2D eigenvalue weighted by molar-refractivity contribution is -0.387. The molecule has 9 saturated heterocycles. The highest BCUT2D eigenvalue weighted by Gasteiger charge is 2.61. The van der Waals surface area contributed by atoms with Crippen molar-refractivity contribution in [3.05, 3.63) is 0 Å². The summed E-state index contributed by atoms with van der Waals surface area (Å²) in [5, 5.41) is 210. The van der Waals surface area contributed by atoms with Crippen LogP contribution in [0.15, 0.2) is 0 Å². The molecule has 0 bridgehead atoms. The van der Waals surface area contributed by atoms with E-state index in [9.17, 15) is 116 Å². The smallest absolute Gasteiger partial charge is 0.217 e. The summed E-state index contributed by atoms with van der Waals surface area (Å²) in [5.74, 6) is -4.08. The Kier molecular flexibility index (Phi) is 31.7. The van der Waals surface area contributed by atoms with E-state index in [1.807, 2.05) is 0 Å². The number of rotatable bonds is 25. The zero-order valence-corrected chi connectivity index (χ0v) is 63.1. The Morgan fingerprint density at radius 2 is 0.411 bits per heavy atom. The van der Waals surface area contributed by atoms with E-state index in [0.29, 0.717) is 0 Å². The maximum atomic E-state index is 13.0. The van der Waals surface area contributed by atoms with Gasteiger partial charge in [0.05, 0.1) is 92.7 Å². The molecule has 9 heterocycles. The van der Waals surface area contributed by atoms with Crippen molar-refractivity contribution in [3.8, 4) is 0 Å². The van der Waals surface area contributed by atoms with Crippen LogP contribution in [0.25, 0.3) is 0 Å². The van der Waals surface area contributed by atoms with Crippen molar-refractivity contribution < 1.29 is 196 Å². The van der Waals surface area contributed by atoms with E-state index < -0.39 is 331 Å². The molecule has 9 aliphatic heterocycles. The molecule has 9 aliphatic rings. The third-order valence-corrected chi connectivity index (χ3v) is 21.0. The highest BCUT2D eigenvalue weighted by atomic mass is 16.8. The van der Waals surface area contributed by atoms with Gasteiger partial charge in [-0.3, -0.25) is 28.8 Å². The fourth-order valence-electron chi connectivity index (χ4n) is 15.3. The van der Waals surface area contributed by atoms with Crippen molar-refractivity contribution in [1.82, 2.24) is 31.9 Å². The molecule has 9 rings (SSSR count). The molecule has 0 radical (unpaired) electrons. The lowest BCUT2D eigenvalue weighted by Crippen LogP contribution is -2.71. The van der Waals surface area contributed by atoms with Crippen molar-refractivity contribution in [1.29, 1.82) is 0 Å². The molecule has 112 heavy (non-hydrogen) atoms. The molecule has 0 spiro atoms. The number of hydrogen-bond donors (Lipinski definition) is 23. The highest BCUT2D eigenvalue weighted by molar-refractivity contribution is 5.75. The minimum atomic E-state index is -2.26. The van der Waals surface area contributed by atoms with Gasteiger partial charge in [-0.15, -0.1) is 0 Å². The second-order valence-electron chi connectivity index (χ2n) is 29.5. The SMILES string of the molecule is CC(=O)N[C@H]1[C@H](O)[C@H](O)[C@@H](O[C@@H]2[C@H](O)[C@@H](O[C@@H]3[C@H](O)[C@H](O[C@@H]4[C@H](O)[C@@H](O[C@@H]5[C@H](O)[C@@H](O[C@@H]6[C@H](O)[C@H](O[C@@H]7[C@H](O)[C@@H](O[C@@H]8[C@H](O)[C@@H](O[C@@H]9[C@H](O)[C@H](O)O[C@H](CO)[C@H]9O)O[C@H](C)[C@H]8NC(C)=O)O[C@H](C)[C@H]7NC(C)=O)O[C@H](CO)[C@H]6O)O[C@H](C)[C@H]5NC(C)=O)O[C@H](C)[C@H]4NC(C)=O)O[C@H](CO)[C@H]3O)O[C@H](C)[C@H]2NC(C)=O)O[C@@H]1C. The van der Waals surface area contributed by atoms with Crippen LogP contribution in [0, 0.1) is 0 Å². The van der Waals surface area contributed by atoms with Crippen LogP contribution in [0.1, 0.15) is 83.1 Å². The first-order chi connectivity index (χ1) is 52.6. The number of carbonyl (C=O) groups excluding carboxylic acids is 6. The number of carbonyl (C=O) groups is 6. The Labute approximate surface area is 640 Å². The van der Waals surface area contributed by atoms with Gasteiger partial charge in [0.1, 0.15) is 146 Å². The number of amides is 6. The topological polar surface area (TPSA) is 675 Å². The van der Waals surface area contributed by atoms with Gasteiger partial charge in [0.15, 0.2) is 56.6 Å². The summed E-state index contributed by atoms with van der Waals surface area (Å²) in [6.45, 7) is 12.2. The zero-order valence-electron chi connectivity index (χ0n) is 63.1. The van der Waals surface area contributed by atoms with Gasteiger partial charge in [-0.05, 0) is 41.5 Å². The molecule has 0 aromatic carbocycles. The molecule has 0 saturated carbocycles. The van der Waals surface area contributed by atoms with Crippen LogP contribution in [-0.2, 0) is 109 Å². The first-order valence-corrected chi connectivity index (χ1v) is 36.7. The second kappa shape index (κ2) is 38.9. The van der Waals surface area contributed by atoms with E-state index in [0.717, 1.165) is 34.6 Å². The number of aliphatic hydroxyl groups excluding tert-OH is 17. The summed E-state index contributed by atoms with van der Waals surface area (Å²) >= 11 is 0. The van der Waals surface area contributed by atoms with E-state index >= 15 is 0 Å². The predicted octanol–water partition coefficient (Wildman–Crippen LogP) is -13.6. The van der Waals surface area contributed by atoms with Gasteiger partial charge in [0.25, 0.3) is 0 Å². The van der Waals surface area contributed by atoms with Crippen molar-refractivity contribution in [2.24, 2.45) is 0 Å². The number of hydrogen-bond acceptors (Lipinski definition) is 40. The Morgan fingerprint density at radius 3 is 0.643 bits per heavy atom. The summed E-state index contributed by atoms with van der Waals surface area (Å²) in [4.78, 5) is 75.9. The van der Waals surface area contributed by atoms with Crippen LogP contribution < -0.4 is 31.9 Å². The van der Waals surface area contributed by atoms with Crippen molar-refractivity contribution in [2.45, 2.75) is 359 Å². The lowest BCUT2D eigenvalue weighted by atomic mass is 9.93. The second-order valence-corrected chi connectivity index (χ2v) is 29.5. The van der Waals surface area contributed by atoms with Crippen LogP contribution in [0.3, 0.4) is 0 Å². The molecule has 6 amide bonds. The fourth-order valence-corrected chi connectivity index (χ4v) is 15.3. The Bertz CT molecular complexity index is 3110. The summed E-state index contributed by atoms with van der Waals surface area (Å²) in [6.07, 6.45) is -71.3. The largest absolute Gasteiger partial charge is 0.394 e. The van der Waals surface area contributed by atoms with Crippen LogP contribution in [0.2, 0.25) is 0 Å². The monoisotopic (exact) mass is 1630 g/mol. The van der Waals surface area contributed by atoms with Gasteiger partial charge in [0, 0.05) is 41.5 Å². The Morgan fingerprint density at radius 1 is 0.232 bits per heavy atom. The third-order valence-electron chi connectivity index (χ3n) is 21.0. The van der Waals surface area contributed by atoms with E-state index in [2.05, 4.69) is 31.9 Å². The summed E-state index contributed by atoms with van der Waals surface area (Å²) in [6, 6.07) is -7.97. The molecule has 0 aromatic heterocycles. The van der Waals surface area contributed by atoms with Gasteiger partial charge < -0.3 is 199 Å². The lowest BCUT2D eigenvalue weighted by Gasteiger charge is -2.51. The summed E-state index contributed by atoms with van der Waals surface area (Å²) < 4.78 is 102. The van der Waals surface area contributed by atoms with Crippen LogP contribution in [-0.4, -0.2) is 418 Å². The van der Waals surface area contributed by atoms with Crippen molar-refractivity contribution in [3.63, 3.8) is 0 Å². The molecular formula is C66H110N6O40. The maximum Gasteiger partial charge on any atom is 0.217 e. The fraction of sp³-hybridized carbons (Fsp3) is 0.909. The zero-order chi connectivity index (χ0) is 82.8. The first kappa shape index (κ1) is 91.4. The molecule has 644 valence electrons. The number of aliphatic hydroxyl groups is 17. The standard InChI is InChI=1S/C66H110N6O40/c1-16-31(67-22(7)76)40(85)41(86)59(96-16)105-50-32(68-23(8)77)19(4)100-63(45(50)90)111-56-38(83)29(14-74)103-65(48(56)93)109-54-36(72-27(12)81)18(3)98-61(44(54)89)107-52-34(70-25(10)79)21(6)101-64(47(52)92)112-57-39(84)30(15-75)104-66(49(57)94)108-53-35(71-26(11)80)17(2)97-60(43(53)88)106-51-33(69-24(9)78)20(5)99-62(46(51)91)110-55-37(82)28(13-73)102-58(95)42(55)87/h16-21,28-66,73-75,82-95H,13-15H2,1-12H3,(H,67,76)(H,68,77)(H,69,78)(H,70,79)(H,71,80)(H,72,81)/t16-,17-,18-,19-,20-,21-,28-,29-,30-,31-,32-,33-,34-,35-,36-,37-,38-,39-,40+,41+,42+,43+,44+,45+,46+,47+,48+,49+,50+,51+,52+,53+,54+,55+,56+,57+,58-,59-,60-,61-,62-,63-,64-,65+,66+/m1/s1. The molecule has 0 unspecified atom stereocenters. The molecule has 46 nitrogen and oxygen atoms in total. The van der Waals surface area contributed by atoms with Crippen LogP contribution in [0.5, 0.6) is 0 Å². The van der Waals surface area contributed by atoms with Gasteiger partial charge in [-0.2, -0.15) is 0 Å². The van der Waals surface area contributed by atoms with Crippen molar-refractivity contribution >= 4 is 35.4 Å². The Balaban J connectivity index is 0.937. The van der Waals surface area contributed by atoms with E-state index in [1.54, 1.807) is 0 Å².